The fourth-order valence-corrected chi connectivity index (χ4v) is 5.49. The van der Waals surface area contributed by atoms with Gasteiger partial charge in [-0.2, -0.15) is 5.10 Å². The maximum atomic E-state index is 13.5. The molecule has 8 nitrogen and oxygen atoms in total. The molecule has 0 spiro atoms. The van der Waals surface area contributed by atoms with Crippen LogP contribution in [0, 0.1) is 5.92 Å². The summed E-state index contributed by atoms with van der Waals surface area (Å²) in [5.41, 5.74) is 2.76. The molecule has 3 aromatic rings. The van der Waals surface area contributed by atoms with Gasteiger partial charge in [0.15, 0.2) is 5.65 Å². The zero-order valence-corrected chi connectivity index (χ0v) is 17.0. The largest absolute Gasteiger partial charge is 0.370 e. The number of pyridine rings is 2. The quantitative estimate of drug-likeness (QED) is 0.682. The number of rotatable bonds is 2. The maximum absolute atomic E-state index is 13.5. The average Bonchev–Trinajstić information content (AvgIpc) is 3.42. The van der Waals surface area contributed by atoms with Gasteiger partial charge in [0, 0.05) is 44.0 Å². The van der Waals surface area contributed by atoms with Gasteiger partial charge in [0.25, 0.3) is 11.5 Å². The number of fused-ring (bicyclic) bond motifs is 5. The molecular formula is C22H23FN6O2. The second-order valence-corrected chi connectivity index (χ2v) is 8.89. The van der Waals surface area contributed by atoms with Crippen LogP contribution in [0.1, 0.15) is 34.8 Å². The number of halogens is 1. The molecule has 1 N–H and O–H groups in total. The Labute approximate surface area is 177 Å². The Balaban J connectivity index is 1.32. The van der Waals surface area contributed by atoms with E-state index in [0.717, 1.165) is 41.9 Å². The lowest BCUT2D eigenvalue weighted by Gasteiger charge is -2.44. The first-order valence-electron chi connectivity index (χ1n) is 10.8. The molecule has 6 heterocycles. The van der Waals surface area contributed by atoms with Crippen LogP contribution in [0.5, 0.6) is 0 Å². The Morgan fingerprint density at radius 1 is 1.16 bits per heavy atom. The van der Waals surface area contributed by atoms with Crippen LogP contribution in [-0.4, -0.2) is 62.9 Å². The van der Waals surface area contributed by atoms with Crippen molar-refractivity contribution in [3.63, 3.8) is 0 Å². The van der Waals surface area contributed by atoms with Crippen molar-refractivity contribution in [2.75, 3.05) is 31.1 Å². The Morgan fingerprint density at radius 2 is 2.06 bits per heavy atom. The van der Waals surface area contributed by atoms with E-state index >= 15 is 0 Å². The van der Waals surface area contributed by atoms with Gasteiger partial charge in [-0.1, -0.05) is 0 Å². The highest BCUT2D eigenvalue weighted by molar-refractivity contribution is 5.94. The molecule has 1 amide bonds. The fraction of sp³-hybridized carbons (Fsp3) is 0.455. The third kappa shape index (κ3) is 2.94. The van der Waals surface area contributed by atoms with Gasteiger partial charge in [0.05, 0.1) is 23.8 Å². The predicted octanol–water partition coefficient (Wildman–Crippen LogP) is 1.93. The molecule has 0 unspecified atom stereocenters. The summed E-state index contributed by atoms with van der Waals surface area (Å²) < 4.78 is 15.3. The lowest BCUT2D eigenvalue weighted by molar-refractivity contribution is 0.0779. The van der Waals surface area contributed by atoms with Crippen molar-refractivity contribution in [2.45, 2.75) is 31.5 Å². The zero-order valence-electron chi connectivity index (χ0n) is 17.0. The van der Waals surface area contributed by atoms with E-state index in [0.29, 0.717) is 25.4 Å². The number of anilines is 1. The number of nitrogens with zero attached hydrogens (tertiary/aromatic N) is 5. The van der Waals surface area contributed by atoms with Crippen molar-refractivity contribution < 1.29 is 9.18 Å². The number of piperidine rings is 1. The van der Waals surface area contributed by atoms with Crippen molar-refractivity contribution in [1.82, 2.24) is 24.6 Å². The Kier molecular flexibility index (Phi) is 4.12. The summed E-state index contributed by atoms with van der Waals surface area (Å²) in [6.07, 6.45) is 3.97. The normalized spacial score (nSPS) is 25.1. The predicted molar refractivity (Wildman–Crippen MR) is 113 cm³/mol. The highest BCUT2D eigenvalue weighted by atomic mass is 19.1. The van der Waals surface area contributed by atoms with Gasteiger partial charge < -0.3 is 14.4 Å². The molecule has 3 aliphatic rings. The number of aromatic nitrogens is 4. The number of likely N-dealkylation sites (tertiary alicyclic amines) is 1. The van der Waals surface area contributed by atoms with Crippen LogP contribution < -0.4 is 10.5 Å². The molecular weight excluding hydrogens is 399 g/mol. The van der Waals surface area contributed by atoms with Gasteiger partial charge in [-0.3, -0.25) is 14.7 Å². The van der Waals surface area contributed by atoms with E-state index in [-0.39, 0.29) is 29.5 Å². The third-order valence-corrected chi connectivity index (χ3v) is 6.92. The molecule has 9 heteroatoms. The lowest BCUT2D eigenvalue weighted by Crippen LogP contribution is -2.48. The first-order valence-corrected chi connectivity index (χ1v) is 10.8. The van der Waals surface area contributed by atoms with Gasteiger partial charge in [-0.25, -0.2) is 9.37 Å². The van der Waals surface area contributed by atoms with E-state index in [1.54, 1.807) is 23.0 Å². The molecule has 3 atom stereocenters. The van der Waals surface area contributed by atoms with E-state index in [4.69, 9.17) is 0 Å². The molecule has 160 valence electrons. The zero-order chi connectivity index (χ0) is 21.1. The van der Waals surface area contributed by atoms with Crippen LogP contribution in [-0.2, 0) is 6.54 Å². The highest BCUT2D eigenvalue weighted by Crippen LogP contribution is 2.38. The van der Waals surface area contributed by atoms with Crippen LogP contribution in [0.4, 0.5) is 10.1 Å². The van der Waals surface area contributed by atoms with Gasteiger partial charge in [-0.15, -0.1) is 0 Å². The Bertz CT molecular complexity index is 1240. The number of carbonyl (C=O) groups excluding carboxylic acids is 1. The SMILES string of the molecule is O=C(c1ccc2n(c1=O)C[C@H]1C[C@@H]2CN(c2ccnc3[nH]ncc23)C1)N1CC[C@H](F)C1. The third-order valence-electron chi connectivity index (χ3n) is 6.92. The van der Waals surface area contributed by atoms with E-state index in [1.807, 2.05) is 12.1 Å². The van der Waals surface area contributed by atoms with Crippen molar-refractivity contribution >= 4 is 22.6 Å². The molecule has 3 aliphatic heterocycles. The Morgan fingerprint density at radius 3 is 2.90 bits per heavy atom. The fourth-order valence-electron chi connectivity index (χ4n) is 5.49. The smallest absolute Gasteiger partial charge is 0.263 e. The molecule has 0 aliphatic carbocycles. The summed E-state index contributed by atoms with van der Waals surface area (Å²) in [5.74, 6) is 0.171. The second kappa shape index (κ2) is 6.90. The molecule has 31 heavy (non-hydrogen) atoms. The maximum Gasteiger partial charge on any atom is 0.263 e. The topological polar surface area (TPSA) is 87.1 Å². The van der Waals surface area contributed by atoms with E-state index in [9.17, 15) is 14.0 Å². The van der Waals surface area contributed by atoms with E-state index in [1.165, 1.54) is 4.90 Å². The van der Waals surface area contributed by atoms with E-state index in [2.05, 4.69) is 20.1 Å². The molecule has 3 aromatic heterocycles. The summed E-state index contributed by atoms with van der Waals surface area (Å²) >= 11 is 0. The lowest BCUT2D eigenvalue weighted by atomic mass is 9.82. The number of aromatic amines is 1. The van der Waals surface area contributed by atoms with Crippen molar-refractivity contribution in [2.24, 2.45) is 5.92 Å². The standard InChI is InChI=1S/C22H23FN6O2/c23-15-4-6-27(12-15)21(30)16-1-2-18-14-7-13(10-29(18)22(16)31)9-28(11-14)19-3-5-24-20-17(19)8-25-26-20/h1-3,5,8,13-15H,4,6-7,9-12H2,(H,24,25,26)/t13-,14+,15-/m0/s1. The molecule has 6 rings (SSSR count). The summed E-state index contributed by atoms with van der Waals surface area (Å²) in [6.45, 7) is 2.67. The molecule has 0 radical (unpaired) electrons. The van der Waals surface area contributed by atoms with E-state index < -0.39 is 6.17 Å². The first kappa shape index (κ1) is 18.5. The number of alkyl halides is 1. The summed E-state index contributed by atoms with van der Waals surface area (Å²) in [7, 11) is 0. The number of amides is 1. The monoisotopic (exact) mass is 422 g/mol. The van der Waals surface area contributed by atoms with Crippen molar-refractivity contribution in [3.05, 3.63) is 52.2 Å². The highest BCUT2D eigenvalue weighted by Gasteiger charge is 2.37. The number of H-pyrrole nitrogens is 1. The minimum Gasteiger partial charge on any atom is -0.370 e. The molecule has 0 aromatic carbocycles. The van der Waals surface area contributed by atoms with Crippen LogP contribution in [0.25, 0.3) is 11.0 Å². The number of nitrogens with one attached hydrogen (secondary N) is 1. The Hall–Kier alpha value is -3.23. The van der Waals surface area contributed by atoms with Crippen LogP contribution in [0.2, 0.25) is 0 Å². The summed E-state index contributed by atoms with van der Waals surface area (Å²) in [4.78, 5) is 34.2. The molecule has 0 saturated carbocycles. The molecule has 2 saturated heterocycles. The minimum absolute atomic E-state index is 0.0780. The number of hydrogen-bond donors (Lipinski definition) is 1. The van der Waals surface area contributed by atoms with Crippen molar-refractivity contribution in [3.8, 4) is 0 Å². The van der Waals surface area contributed by atoms with Gasteiger partial charge in [0.1, 0.15) is 11.7 Å². The molecule has 2 bridgehead atoms. The number of hydrogen-bond acceptors (Lipinski definition) is 5. The molecule has 2 fully saturated rings. The van der Waals surface area contributed by atoms with Gasteiger partial charge >= 0.3 is 0 Å². The van der Waals surface area contributed by atoms with Gasteiger partial charge in [-0.05, 0) is 37.0 Å². The average molecular weight is 422 g/mol. The van der Waals surface area contributed by atoms with Crippen LogP contribution in [0.15, 0.2) is 35.4 Å². The van der Waals surface area contributed by atoms with Crippen LogP contribution >= 0.6 is 0 Å². The van der Waals surface area contributed by atoms with Crippen molar-refractivity contribution in [1.29, 1.82) is 0 Å². The van der Waals surface area contributed by atoms with Gasteiger partial charge in [0.2, 0.25) is 0 Å². The summed E-state index contributed by atoms with van der Waals surface area (Å²) in [5, 5.41) is 8.04. The minimum atomic E-state index is -0.996. The first-order chi connectivity index (χ1) is 15.1. The summed E-state index contributed by atoms with van der Waals surface area (Å²) in [6, 6.07) is 5.58. The number of carbonyl (C=O) groups is 1. The second-order valence-electron chi connectivity index (χ2n) is 8.89. The van der Waals surface area contributed by atoms with Crippen LogP contribution in [0.3, 0.4) is 0 Å².